The number of carbonyl (C=O) groups excluding carboxylic acids is 1. The molecule has 2 aromatic rings. The van der Waals surface area contributed by atoms with Gasteiger partial charge in [0.05, 0.1) is 23.5 Å². The van der Waals surface area contributed by atoms with Crippen LogP contribution in [0.15, 0.2) is 29.5 Å². The molecule has 148 valence electrons. The molecule has 1 amide bonds. The largest absolute Gasteiger partial charge is 0.341 e. The monoisotopic (exact) mass is 390 g/mol. The molecule has 0 N–H and O–H groups in total. The topological polar surface area (TPSA) is 95.1 Å². The second kappa shape index (κ2) is 7.51. The number of pyridine rings is 1. The van der Waals surface area contributed by atoms with Crippen molar-refractivity contribution in [3.05, 3.63) is 57.3 Å². The minimum atomic E-state index is -0.0588. The first-order valence-corrected chi connectivity index (χ1v) is 9.63. The van der Waals surface area contributed by atoms with Crippen molar-refractivity contribution in [1.29, 1.82) is 5.26 Å². The number of nitriles is 1. The fourth-order valence-corrected chi connectivity index (χ4v) is 4.02. The van der Waals surface area contributed by atoms with E-state index >= 15 is 0 Å². The van der Waals surface area contributed by atoms with Gasteiger partial charge in [-0.1, -0.05) is 12.2 Å². The fraction of sp³-hybridized carbons (Fsp3) is 0.381. The van der Waals surface area contributed by atoms with Gasteiger partial charge >= 0.3 is 0 Å². The Balaban J connectivity index is 1.47. The highest BCUT2D eigenvalue weighted by molar-refractivity contribution is 5.98. The van der Waals surface area contributed by atoms with E-state index in [2.05, 4.69) is 14.9 Å². The van der Waals surface area contributed by atoms with E-state index in [1.165, 1.54) is 17.0 Å². The maximum Gasteiger partial charge on any atom is 0.255 e. The van der Waals surface area contributed by atoms with Gasteiger partial charge < -0.3 is 14.4 Å². The molecule has 3 heterocycles. The highest BCUT2D eigenvalue weighted by Gasteiger charge is 2.29. The summed E-state index contributed by atoms with van der Waals surface area (Å²) >= 11 is 0. The molecule has 2 aliphatic rings. The number of rotatable bonds is 3. The van der Waals surface area contributed by atoms with Gasteiger partial charge in [-0.05, 0) is 24.8 Å². The molecule has 0 spiro atoms. The van der Waals surface area contributed by atoms with Crippen molar-refractivity contribution in [3.8, 4) is 6.07 Å². The number of fused-ring (bicyclic) bond motifs is 1. The third-order valence-corrected chi connectivity index (χ3v) is 5.74. The summed E-state index contributed by atoms with van der Waals surface area (Å²) < 4.78 is 1.50. The lowest BCUT2D eigenvalue weighted by Gasteiger charge is -2.37. The van der Waals surface area contributed by atoms with Crippen molar-refractivity contribution in [1.82, 2.24) is 19.4 Å². The van der Waals surface area contributed by atoms with Crippen LogP contribution in [0, 0.1) is 11.3 Å². The predicted molar refractivity (Wildman–Crippen MR) is 108 cm³/mol. The van der Waals surface area contributed by atoms with E-state index in [1.807, 2.05) is 25.3 Å². The molecule has 0 radical (unpaired) electrons. The maximum atomic E-state index is 13.2. The Labute approximate surface area is 168 Å². The standard InChI is InChI=1S/C21H22N6O2/c1-25-13-18(16-4-3-5-17(16)19(25)28)20(29)26(2)15-6-8-27(9-7-15)21-23-11-14(10-22)12-24-21/h3-4,11-13,15H,5-9H2,1-2H3. The molecule has 1 fully saturated rings. The molecular formula is C21H22N6O2. The van der Waals surface area contributed by atoms with Gasteiger partial charge in [0.2, 0.25) is 5.95 Å². The summed E-state index contributed by atoms with van der Waals surface area (Å²) in [5, 5.41) is 8.87. The summed E-state index contributed by atoms with van der Waals surface area (Å²) in [4.78, 5) is 37.9. The van der Waals surface area contributed by atoms with E-state index in [-0.39, 0.29) is 17.5 Å². The molecule has 0 atom stereocenters. The summed E-state index contributed by atoms with van der Waals surface area (Å²) in [5.41, 5.74) is 2.43. The van der Waals surface area contributed by atoms with Gasteiger partial charge in [-0.25, -0.2) is 9.97 Å². The van der Waals surface area contributed by atoms with Gasteiger partial charge in [0, 0.05) is 45.0 Å². The number of hydrogen-bond acceptors (Lipinski definition) is 6. The first-order chi connectivity index (χ1) is 14.0. The number of anilines is 1. The first-order valence-electron chi connectivity index (χ1n) is 9.63. The molecule has 0 bridgehead atoms. The number of carbonyl (C=O) groups is 1. The lowest BCUT2D eigenvalue weighted by molar-refractivity contribution is 0.0707. The number of piperidine rings is 1. The molecule has 2 aromatic heterocycles. The van der Waals surface area contributed by atoms with Crippen LogP contribution in [-0.4, -0.2) is 51.5 Å². The van der Waals surface area contributed by atoms with E-state index in [9.17, 15) is 9.59 Å². The molecule has 29 heavy (non-hydrogen) atoms. The second-order valence-electron chi connectivity index (χ2n) is 7.48. The molecule has 4 rings (SSSR count). The Hall–Kier alpha value is -3.47. The average molecular weight is 390 g/mol. The molecule has 1 aliphatic carbocycles. The Bertz CT molecular complexity index is 1070. The van der Waals surface area contributed by atoms with Crippen LogP contribution in [0.3, 0.4) is 0 Å². The van der Waals surface area contributed by atoms with Crippen LogP contribution in [-0.2, 0) is 13.5 Å². The minimum absolute atomic E-state index is 0.0417. The van der Waals surface area contributed by atoms with Gasteiger partial charge in [0.1, 0.15) is 6.07 Å². The summed E-state index contributed by atoms with van der Waals surface area (Å²) in [7, 11) is 3.52. The maximum absolute atomic E-state index is 13.2. The highest BCUT2D eigenvalue weighted by Crippen LogP contribution is 2.24. The van der Waals surface area contributed by atoms with Crippen molar-refractivity contribution in [2.45, 2.75) is 25.3 Å². The summed E-state index contributed by atoms with van der Waals surface area (Å²) in [5.74, 6) is 0.550. The minimum Gasteiger partial charge on any atom is -0.341 e. The third kappa shape index (κ3) is 3.40. The number of allylic oxidation sites excluding steroid dienone is 1. The van der Waals surface area contributed by atoms with Crippen LogP contribution >= 0.6 is 0 Å². The van der Waals surface area contributed by atoms with Crippen molar-refractivity contribution in [2.75, 3.05) is 25.0 Å². The molecular weight excluding hydrogens is 368 g/mol. The average Bonchev–Trinajstić information content (AvgIpc) is 3.26. The van der Waals surface area contributed by atoms with E-state index in [1.54, 1.807) is 18.1 Å². The van der Waals surface area contributed by atoms with Crippen LogP contribution in [0.4, 0.5) is 5.95 Å². The zero-order valence-corrected chi connectivity index (χ0v) is 16.5. The van der Waals surface area contributed by atoms with Crippen LogP contribution in [0.5, 0.6) is 0 Å². The number of nitrogens with zero attached hydrogens (tertiary/aromatic N) is 6. The number of aryl methyl sites for hydroxylation is 1. The van der Waals surface area contributed by atoms with E-state index in [0.717, 1.165) is 31.5 Å². The lowest BCUT2D eigenvalue weighted by atomic mass is 10.0. The molecule has 1 aliphatic heterocycles. The summed E-state index contributed by atoms with van der Waals surface area (Å²) in [6, 6.07) is 2.13. The Kier molecular flexibility index (Phi) is 4.89. The third-order valence-electron chi connectivity index (χ3n) is 5.74. The van der Waals surface area contributed by atoms with Crippen molar-refractivity contribution in [2.24, 2.45) is 7.05 Å². The molecule has 0 saturated carbocycles. The van der Waals surface area contributed by atoms with Gasteiger partial charge in [-0.2, -0.15) is 5.26 Å². The Morgan fingerprint density at radius 2 is 1.97 bits per heavy atom. The SMILES string of the molecule is CN(C(=O)c1cn(C)c(=O)c2c1C=CC2)C1CCN(c2ncc(C#N)cn2)CC1. The smallest absolute Gasteiger partial charge is 0.255 e. The molecule has 1 saturated heterocycles. The molecule has 0 aromatic carbocycles. The van der Waals surface area contributed by atoms with Gasteiger partial charge in [0.25, 0.3) is 11.5 Å². The van der Waals surface area contributed by atoms with Gasteiger partial charge in [-0.3, -0.25) is 9.59 Å². The zero-order chi connectivity index (χ0) is 20.5. The summed E-state index contributed by atoms with van der Waals surface area (Å²) in [6.07, 6.45) is 10.7. The number of hydrogen-bond donors (Lipinski definition) is 0. The van der Waals surface area contributed by atoms with Crippen molar-refractivity contribution in [3.63, 3.8) is 0 Å². The summed E-state index contributed by atoms with van der Waals surface area (Å²) in [6.45, 7) is 1.47. The Morgan fingerprint density at radius 1 is 1.28 bits per heavy atom. The molecule has 0 unspecified atom stereocenters. The zero-order valence-electron chi connectivity index (χ0n) is 16.5. The van der Waals surface area contributed by atoms with Crippen molar-refractivity contribution >= 4 is 17.9 Å². The van der Waals surface area contributed by atoms with Crippen LogP contribution in [0.1, 0.15) is 39.9 Å². The van der Waals surface area contributed by atoms with E-state index < -0.39 is 0 Å². The Morgan fingerprint density at radius 3 is 2.62 bits per heavy atom. The quantitative estimate of drug-likeness (QED) is 0.785. The normalized spacial score (nSPS) is 15.8. The van der Waals surface area contributed by atoms with E-state index in [4.69, 9.17) is 5.26 Å². The van der Waals surface area contributed by atoms with Crippen LogP contribution in [0.25, 0.3) is 6.08 Å². The lowest BCUT2D eigenvalue weighted by Crippen LogP contribution is -2.46. The molecule has 8 heteroatoms. The van der Waals surface area contributed by atoms with Gasteiger partial charge in [0.15, 0.2) is 0 Å². The predicted octanol–water partition coefficient (Wildman–Crippen LogP) is 1.36. The first kappa shape index (κ1) is 18.9. The second-order valence-corrected chi connectivity index (χ2v) is 7.48. The van der Waals surface area contributed by atoms with Crippen LogP contribution < -0.4 is 10.5 Å². The fourth-order valence-electron chi connectivity index (χ4n) is 4.02. The number of aromatic nitrogens is 3. The highest BCUT2D eigenvalue weighted by atomic mass is 16.2. The molecule has 8 nitrogen and oxygen atoms in total. The van der Waals surface area contributed by atoms with Crippen molar-refractivity contribution < 1.29 is 4.79 Å². The van der Waals surface area contributed by atoms with Crippen LogP contribution in [0.2, 0.25) is 0 Å². The van der Waals surface area contributed by atoms with E-state index in [0.29, 0.717) is 29.1 Å². The number of amides is 1. The van der Waals surface area contributed by atoms with Gasteiger partial charge in [-0.15, -0.1) is 0 Å².